The van der Waals surface area contributed by atoms with E-state index in [4.69, 9.17) is 4.74 Å². The SMILES string of the molecule is O=C([C@@H](Oc1cccc2ccccc12)c1ccccc1)N1CCCCC1. The molecule has 3 nitrogen and oxygen atoms in total. The predicted molar refractivity (Wildman–Crippen MR) is 104 cm³/mol. The second-order valence-electron chi connectivity index (χ2n) is 6.77. The van der Waals surface area contributed by atoms with E-state index in [2.05, 4.69) is 12.1 Å². The molecule has 0 spiro atoms. The highest BCUT2D eigenvalue weighted by Gasteiger charge is 2.29. The molecule has 1 atom stereocenters. The summed E-state index contributed by atoms with van der Waals surface area (Å²) in [6.45, 7) is 1.64. The largest absolute Gasteiger partial charge is 0.475 e. The molecule has 0 saturated carbocycles. The Kier molecular flexibility index (Phi) is 4.87. The number of rotatable bonds is 4. The summed E-state index contributed by atoms with van der Waals surface area (Å²) < 4.78 is 6.34. The summed E-state index contributed by atoms with van der Waals surface area (Å²) in [5, 5.41) is 2.14. The fraction of sp³-hybridized carbons (Fsp3) is 0.261. The van der Waals surface area contributed by atoms with Crippen molar-refractivity contribution in [1.82, 2.24) is 4.90 Å². The van der Waals surface area contributed by atoms with Gasteiger partial charge in [0.25, 0.3) is 5.91 Å². The third-order valence-electron chi connectivity index (χ3n) is 4.99. The van der Waals surface area contributed by atoms with Crippen molar-refractivity contribution in [3.63, 3.8) is 0 Å². The molecule has 0 unspecified atom stereocenters. The first kappa shape index (κ1) is 16.6. The van der Waals surface area contributed by atoms with E-state index in [-0.39, 0.29) is 5.91 Å². The molecule has 1 heterocycles. The van der Waals surface area contributed by atoms with Crippen molar-refractivity contribution in [3.8, 4) is 5.75 Å². The van der Waals surface area contributed by atoms with E-state index in [0.29, 0.717) is 0 Å². The van der Waals surface area contributed by atoms with Gasteiger partial charge in [-0.05, 0) is 30.7 Å². The Morgan fingerprint density at radius 1 is 0.808 bits per heavy atom. The minimum absolute atomic E-state index is 0.0591. The van der Waals surface area contributed by atoms with Crippen molar-refractivity contribution in [3.05, 3.63) is 78.4 Å². The van der Waals surface area contributed by atoms with Gasteiger partial charge in [-0.1, -0.05) is 66.7 Å². The van der Waals surface area contributed by atoms with E-state index < -0.39 is 6.10 Å². The summed E-state index contributed by atoms with van der Waals surface area (Å²) in [5.41, 5.74) is 0.899. The lowest BCUT2D eigenvalue weighted by Gasteiger charge is -2.31. The number of nitrogens with zero attached hydrogens (tertiary/aromatic N) is 1. The molecule has 1 aliphatic heterocycles. The van der Waals surface area contributed by atoms with Gasteiger partial charge >= 0.3 is 0 Å². The number of benzene rings is 3. The highest BCUT2D eigenvalue weighted by molar-refractivity contribution is 5.89. The van der Waals surface area contributed by atoms with E-state index in [9.17, 15) is 4.79 Å². The van der Waals surface area contributed by atoms with Gasteiger partial charge in [0, 0.05) is 24.0 Å². The molecule has 0 aromatic heterocycles. The Balaban J connectivity index is 1.69. The number of hydrogen-bond donors (Lipinski definition) is 0. The summed E-state index contributed by atoms with van der Waals surface area (Å²) in [6.07, 6.45) is 2.73. The van der Waals surface area contributed by atoms with Crippen molar-refractivity contribution < 1.29 is 9.53 Å². The number of amides is 1. The molecule has 1 amide bonds. The van der Waals surface area contributed by atoms with Crippen molar-refractivity contribution in [1.29, 1.82) is 0 Å². The molecule has 0 bridgehead atoms. The molecule has 1 saturated heterocycles. The number of carbonyl (C=O) groups excluding carboxylic acids is 1. The van der Waals surface area contributed by atoms with Crippen LogP contribution in [0.2, 0.25) is 0 Å². The third-order valence-corrected chi connectivity index (χ3v) is 4.99. The van der Waals surface area contributed by atoms with E-state index >= 15 is 0 Å². The highest BCUT2D eigenvalue weighted by Crippen LogP contribution is 2.31. The van der Waals surface area contributed by atoms with Crippen LogP contribution < -0.4 is 4.74 Å². The Bertz CT molecular complexity index is 880. The number of hydrogen-bond acceptors (Lipinski definition) is 2. The number of piperidine rings is 1. The van der Waals surface area contributed by atoms with Crippen LogP contribution in [0.5, 0.6) is 5.75 Å². The van der Waals surface area contributed by atoms with Gasteiger partial charge in [0.2, 0.25) is 6.10 Å². The van der Waals surface area contributed by atoms with Gasteiger partial charge in [-0.3, -0.25) is 4.79 Å². The van der Waals surface area contributed by atoms with Crippen LogP contribution in [0.4, 0.5) is 0 Å². The maximum Gasteiger partial charge on any atom is 0.268 e. The predicted octanol–water partition coefficient (Wildman–Crippen LogP) is 4.97. The zero-order valence-electron chi connectivity index (χ0n) is 14.8. The first-order valence-corrected chi connectivity index (χ1v) is 9.31. The molecular formula is C23H23NO2. The van der Waals surface area contributed by atoms with Gasteiger partial charge in [-0.15, -0.1) is 0 Å². The number of ether oxygens (including phenoxy) is 1. The fourth-order valence-corrected chi connectivity index (χ4v) is 3.59. The summed E-state index contributed by atoms with van der Waals surface area (Å²) in [7, 11) is 0. The maximum absolute atomic E-state index is 13.2. The van der Waals surface area contributed by atoms with Crippen LogP contribution >= 0.6 is 0 Å². The van der Waals surface area contributed by atoms with Crippen LogP contribution in [-0.4, -0.2) is 23.9 Å². The molecule has 3 heteroatoms. The van der Waals surface area contributed by atoms with Gasteiger partial charge in [0.15, 0.2) is 0 Å². The van der Waals surface area contributed by atoms with E-state index in [1.165, 1.54) is 6.42 Å². The monoisotopic (exact) mass is 345 g/mol. The second-order valence-corrected chi connectivity index (χ2v) is 6.77. The highest BCUT2D eigenvalue weighted by atomic mass is 16.5. The van der Waals surface area contributed by atoms with Gasteiger partial charge in [0.1, 0.15) is 5.75 Å². The molecule has 0 N–H and O–H groups in total. The normalized spacial score (nSPS) is 15.6. The first-order valence-electron chi connectivity index (χ1n) is 9.31. The van der Waals surface area contributed by atoms with Gasteiger partial charge in [-0.25, -0.2) is 0 Å². The van der Waals surface area contributed by atoms with Crippen LogP contribution in [0.15, 0.2) is 72.8 Å². The Morgan fingerprint density at radius 3 is 2.31 bits per heavy atom. The molecule has 0 aliphatic carbocycles. The molecular weight excluding hydrogens is 322 g/mol. The standard InChI is InChI=1S/C23H23NO2/c25-23(24-16-7-2-8-17-24)22(19-11-3-1-4-12-19)26-21-15-9-13-18-10-5-6-14-20(18)21/h1,3-6,9-15,22H,2,7-8,16-17H2/t22-/m0/s1. The van der Waals surface area contributed by atoms with Crippen LogP contribution in [0.3, 0.4) is 0 Å². The average molecular weight is 345 g/mol. The molecule has 26 heavy (non-hydrogen) atoms. The molecule has 4 rings (SSSR count). The average Bonchev–Trinajstić information content (AvgIpc) is 2.73. The quantitative estimate of drug-likeness (QED) is 0.668. The zero-order chi connectivity index (χ0) is 17.8. The van der Waals surface area contributed by atoms with Crippen LogP contribution in [0.1, 0.15) is 30.9 Å². The van der Waals surface area contributed by atoms with Gasteiger partial charge in [0.05, 0.1) is 0 Å². The topological polar surface area (TPSA) is 29.5 Å². The summed E-state index contributed by atoms with van der Waals surface area (Å²) in [6, 6.07) is 23.9. The minimum Gasteiger partial charge on any atom is -0.475 e. The van der Waals surface area contributed by atoms with Crippen molar-refractivity contribution >= 4 is 16.7 Å². The lowest BCUT2D eigenvalue weighted by molar-refractivity contribution is -0.140. The first-order chi connectivity index (χ1) is 12.8. The lowest BCUT2D eigenvalue weighted by atomic mass is 10.0. The van der Waals surface area contributed by atoms with Crippen molar-refractivity contribution in [2.45, 2.75) is 25.4 Å². The van der Waals surface area contributed by atoms with E-state index in [1.807, 2.05) is 65.6 Å². The molecule has 1 fully saturated rings. The molecule has 0 radical (unpaired) electrons. The summed E-state index contributed by atoms with van der Waals surface area (Å²) in [5.74, 6) is 0.811. The van der Waals surface area contributed by atoms with Crippen molar-refractivity contribution in [2.75, 3.05) is 13.1 Å². The van der Waals surface area contributed by atoms with Gasteiger partial charge in [-0.2, -0.15) is 0 Å². The Hall–Kier alpha value is -2.81. The van der Waals surface area contributed by atoms with Crippen molar-refractivity contribution in [2.24, 2.45) is 0 Å². The Morgan fingerprint density at radius 2 is 1.50 bits per heavy atom. The van der Waals surface area contributed by atoms with Gasteiger partial charge < -0.3 is 9.64 Å². The molecule has 132 valence electrons. The third kappa shape index (κ3) is 3.43. The van der Waals surface area contributed by atoms with Crippen LogP contribution in [0.25, 0.3) is 10.8 Å². The number of carbonyl (C=O) groups is 1. The minimum atomic E-state index is -0.611. The van der Waals surface area contributed by atoms with Crippen LogP contribution in [-0.2, 0) is 4.79 Å². The smallest absolute Gasteiger partial charge is 0.268 e. The summed E-state index contributed by atoms with van der Waals surface area (Å²) >= 11 is 0. The van der Waals surface area contributed by atoms with Crippen LogP contribution in [0, 0.1) is 0 Å². The fourth-order valence-electron chi connectivity index (χ4n) is 3.59. The zero-order valence-corrected chi connectivity index (χ0v) is 14.8. The molecule has 3 aromatic rings. The second kappa shape index (κ2) is 7.61. The molecule has 1 aliphatic rings. The lowest BCUT2D eigenvalue weighted by Crippen LogP contribution is -2.40. The van der Waals surface area contributed by atoms with E-state index in [1.54, 1.807) is 0 Å². The van der Waals surface area contributed by atoms with E-state index in [0.717, 1.165) is 48.0 Å². The summed E-state index contributed by atoms with van der Waals surface area (Å²) in [4.78, 5) is 15.2. The number of likely N-dealkylation sites (tertiary alicyclic amines) is 1. The Labute approximate surface area is 154 Å². The number of fused-ring (bicyclic) bond motifs is 1. The molecule has 3 aromatic carbocycles. The maximum atomic E-state index is 13.2.